The molecule has 2 aromatic rings. The fourth-order valence-electron chi connectivity index (χ4n) is 1.50. The first kappa shape index (κ1) is 13.2. The molecular weight excluding hydrogens is 264 g/mol. The number of benzene rings is 2. The minimum atomic E-state index is -1.26. The van der Waals surface area contributed by atoms with E-state index in [0.717, 1.165) is 0 Å². The fourth-order valence-corrected chi connectivity index (χ4v) is 1.50. The molecule has 86 valence electrons. The van der Waals surface area contributed by atoms with Gasteiger partial charge < -0.3 is 19.8 Å². The van der Waals surface area contributed by atoms with Gasteiger partial charge in [-0.05, 0) is 34.0 Å². The Kier molecular flexibility index (Phi) is 3.88. The van der Waals surface area contributed by atoms with E-state index < -0.39 is 11.9 Å². The number of carboxylic acid groups (broad SMARTS) is 2. The average molecular weight is 270 g/mol. The van der Waals surface area contributed by atoms with Crippen molar-refractivity contribution in [3.63, 3.8) is 0 Å². The van der Waals surface area contributed by atoms with E-state index in [2.05, 4.69) is 0 Å². The summed E-state index contributed by atoms with van der Waals surface area (Å²) < 4.78 is 0. The third-order valence-electron chi connectivity index (χ3n) is 2.31. The molecule has 2 aromatic carbocycles. The summed E-state index contributed by atoms with van der Waals surface area (Å²) in [5, 5.41) is 22.5. The smallest absolute Gasteiger partial charge is 0.545 e. The van der Waals surface area contributed by atoms with E-state index in [9.17, 15) is 19.8 Å². The van der Waals surface area contributed by atoms with E-state index in [4.69, 9.17) is 0 Å². The second-order valence-electron chi connectivity index (χ2n) is 3.35. The largest absolute Gasteiger partial charge is 2.00 e. The molecule has 0 radical (unpaired) electrons. The number of rotatable bonds is 2. The standard InChI is InChI=1S/C12H8O4.Fe/c13-11(14)9-3-1-7-5-10(12(15)16)4-2-8(7)6-9;/h1-6H,(H,13,14)(H,15,16);/q;+2/p-2. The van der Waals surface area contributed by atoms with E-state index in [-0.39, 0.29) is 28.2 Å². The summed E-state index contributed by atoms with van der Waals surface area (Å²) >= 11 is 0. The van der Waals surface area contributed by atoms with Gasteiger partial charge in [-0.1, -0.05) is 24.3 Å². The molecule has 0 saturated heterocycles. The zero-order valence-corrected chi connectivity index (χ0v) is 9.55. The maximum atomic E-state index is 10.6. The van der Waals surface area contributed by atoms with Gasteiger partial charge in [-0.3, -0.25) is 0 Å². The van der Waals surface area contributed by atoms with Crippen molar-refractivity contribution in [1.82, 2.24) is 0 Å². The van der Waals surface area contributed by atoms with Gasteiger partial charge in [-0.25, -0.2) is 0 Å². The number of aromatic carboxylic acids is 2. The molecule has 0 N–H and O–H groups in total. The Morgan fingerprint density at radius 2 is 1.12 bits per heavy atom. The number of carbonyl (C=O) groups is 2. The number of hydrogen-bond acceptors (Lipinski definition) is 4. The summed E-state index contributed by atoms with van der Waals surface area (Å²) in [6.45, 7) is 0. The third-order valence-corrected chi connectivity index (χ3v) is 2.31. The van der Waals surface area contributed by atoms with Gasteiger partial charge in [-0.15, -0.1) is 0 Å². The van der Waals surface area contributed by atoms with Crippen molar-refractivity contribution >= 4 is 22.7 Å². The second kappa shape index (κ2) is 4.99. The summed E-state index contributed by atoms with van der Waals surface area (Å²) in [5.74, 6) is -2.52. The van der Waals surface area contributed by atoms with Crippen LogP contribution in [0.15, 0.2) is 36.4 Å². The first-order valence-electron chi connectivity index (χ1n) is 4.54. The molecule has 0 fully saturated rings. The van der Waals surface area contributed by atoms with Crippen LogP contribution in [0.25, 0.3) is 10.8 Å². The number of hydrogen-bond donors (Lipinski definition) is 0. The molecule has 0 bridgehead atoms. The van der Waals surface area contributed by atoms with E-state index in [1.165, 1.54) is 36.4 Å². The molecule has 5 heteroatoms. The van der Waals surface area contributed by atoms with Crippen LogP contribution in [0.5, 0.6) is 0 Å². The van der Waals surface area contributed by atoms with Crippen molar-refractivity contribution in [1.29, 1.82) is 0 Å². The van der Waals surface area contributed by atoms with Crippen molar-refractivity contribution in [2.24, 2.45) is 0 Å². The Morgan fingerprint density at radius 1 is 0.765 bits per heavy atom. The Balaban J connectivity index is 0.00000144. The van der Waals surface area contributed by atoms with Gasteiger partial charge in [0.15, 0.2) is 0 Å². The van der Waals surface area contributed by atoms with Gasteiger partial charge in [0.2, 0.25) is 0 Å². The monoisotopic (exact) mass is 270 g/mol. The summed E-state index contributed by atoms with van der Waals surface area (Å²) in [4.78, 5) is 21.2. The van der Waals surface area contributed by atoms with Crippen molar-refractivity contribution in [3.8, 4) is 0 Å². The van der Waals surface area contributed by atoms with Crippen LogP contribution >= 0.6 is 0 Å². The van der Waals surface area contributed by atoms with Crippen LogP contribution in [0.4, 0.5) is 0 Å². The van der Waals surface area contributed by atoms with Crippen molar-refractivity contribution < 1.29 is 36.9 Å². The maximum Gasteiger partial charge on any atom is 2.00 e. The molecule has 4 nitrogen and oxygen atoms in total. The summed E-state index contributed by atoms with van der Waals surface area (Å²) in [6.07, 6.45) is 0. The third kappa shape index (κ3) is 2.64. The molecule has 2 rings (SSSR count). The summed E-state index contributed by atoms with van der Waals surface area (Å²) in [7, 11) is 0. The predicted octanol–water partition coefficient (Wildman–Crippen LogP) is -0.436. The molecule has 0 heterocycles. The van der Waals surface area contributed by atoms with E-state index in [1.807, 2.05) is 0 Å². The summed E-state index contributed by atoms with van der Waals surface area (Å²) in [5.41, 5.74) is 0.127. The molecule has 0 aromatic heterocycles. The Bertz CT molecular complexity index is 539. The minimum absolute atomic E-state index is 0. The van der Waals surface area contributed by atoms with Gasteiger partial charge in [-0.2, -0.15) is 0 Å². The van der Waals surface area contributed by atoms with Crippen LogP contribution in [0, 0.1) is 0 Å². The van der Waals surface area contributed by atoms with Crippen LogP contribution < -0.4 is 10.2 Å². The molecule has 0 atom stereocenters. The van der Waals surface area contributed by atoms with Crippen molar-refractivity contribution in [2.75, 3.05) is 0 Å². The maximum absolute atomic E-state index is 10.6. The van der Waals surface area contributed by atoms with Gasteiger partial charge >= 0.3 is 17.1 Å². The van der Waals surface area contributed by atoms with Crippen LogP contribution in [-0.2, 0) is 17.1 Å². The van der Waals surface area contributed by atoms with Crippen LogP contribution in [0.1, 0.15) is 20.7 Å². The molecule has 0 unspecified atom stereocenters. The molecule has 0 aliphatic carbocycles. The van der Waals surface area contributed by atoms with E-state index in [1.54, 1.807) is 0 Å². The Hall–Kier alpha value is -1.84. The Labute approximate surface area is 107 Å². The number of carbonyl (C=O) groups excluding carboxylic acids is 2. The van der Waals surface area contributed by atoms with E-state index in [0.29, 0.717) is 10.8 Å². The summed E-state index contributed by atoms with van der Waals surface area (Å²) in [6, 6.07) is 8.68. The predicted molar refractivity (Wildman–Crippen MR) is 52.6 cm³/mol. The quantitative estimate of drug-likeness (QED) is 0.693. The SMILES string of the molecule is O=C([O-])c1ccc2cc(C(=O)[O-])ccc2c1.[Fe+2]. The molecule has 0 aliphatic heterocycles. The van der Waals surface area contributed by atoms with Gasteiger partial charge in [0.05, 0.1) is 11.9 Å². The minimum Gasteiger partial charge on any atom is -0.545 e. The van der Waals surface area contributed by atoms with Crippen LogP contribution in [0.3, 0.4) is 0 Å². The zero-order chi connectivity index (χ0) is 11.7. The number of fused-ring (bicyclic) bond motifs is 1. The molecule has 0 spiro atoms. The molecular formula is C12H6FeO4. The number of carboxylic acids is 2. The normalized spacial score (nSPS) is 9.65. The van der Waals surface area contributed by atoms with Crippen molar-refractivity contribution in [2.45, 2.75) is 0 Å². The van der Waals surface area contributed by atoms with Gasteiger partial charge in [0, 0.05) is 0 Å². The average Bonchev–Trinajstić information content (AvgIpc) is 2.27. The molecule has 0 aliphatic rings. The molecule has 17 heavy (non-hydrogen) atoms. The fraction of sp³-hybridized carbons (Fsp3) is 0. The zero-order valence-electron chi connectivity index (χ0n) is 8.45. The van der Waals surface area contributed by atoms with Crippen LogP contribution in [-0.4, -0.2) is 11.9 Å². The second-order valence-corrected chi connectivity index (χ2v) is 3.35. The topological polar surface area (TPSA) is 80.3 Å². The van der Waals surface area contributed by atoms with Crippen LogP contribution in [0.2, 0.25) is 0 Å². The van der Waals surface area contributed by atoms with Crippen molar-refractivity contribution in [3.05, 3.63) is 47.5 Å². The molecule has 0 amide bonds. The van der Waals surface area contributed by atoms with Gasteiger partial charge in [0.25, 0.3) is 0 Å². The Morgan fingerprint density at radius 3 is 1.41 bits per heavy atom. The first-order chi connectivity index (χ1) is 7.58. The molecule has 0 saturated carbocycles. The first-order valence-corrected chi connectivity index (χ1v) is 4.54. The van der Waals surface area contributed by atoms with Gasteiger partial charge in [0.1, 0.15) is 0 Å². The van der Waals surface area contributed by atoms with E-state index >= 15 is 0 Å².